The summed E-state index contributed by atoms with van der Waals surface area (Å²) in [6.45, 7) is 10.0. The smallest absolute Gasteiger partial charge is 0.0928 e. The number of nitrogens with one attached hydrogen (secondary N) is 1. The van der Waals surface area contributed by atoms with Gasteiger partial charge in [0, 0.05) is 16.8 Å². The third-order valence-electron chi connectivity index (χ3n) is 3.88. The van der Waals surface area contributed by atoms with Crippen LogP contribution >= 0.6 is 11.3 Å². The molecule has 1 atom stereocenters. The second-order valence-electron chi connectivity index (χ2n) is 6.77. The van der Waals surface area contributed by atoms with Gasteiger partial charge < -0.3 is 5.32 Å². The Bertz CT molecular complexity index is 388. The second kappa shape index (κ2) is 6.36. The van der Waals surface area contributed by atoms with Crippen molar-refractivity contribution in [2.75, 3.05) is 6.54 Å². The average molecular weight is 280 g/mol. The number of aryl methyl sites for hydroxylation is 1. The van der Waals surface area contributed by atoms with E-state index in [4.69, 9.17) is 4.98 Å². The molecule has 0 spiro atoms. The summed E-state index contributed by atoms with van der Waals surface area (Å²) in [5.41, 5.74) is 1.44. The predicted octanol–water partition coefficient (Wildman–Crippen LogP) is 4.15. The van der Waals surface area contributed by atoms with Crippen LogP contribution in [0.25, 0.3) is 0 Å². The highest BCUT2D eigenvalue weighted by molar-refractivity contribution is 7.09. The number of thiazole rings is 1. The summed E-state index contributed by atoms with van der Waals surface area (Å²) in [5.74, 6) is 0.960. The van der Waals surface area contributed by atoms with Crippen molar-refractivity contribution in [3.05, 3.63) is 16.1 Å². The summed E-state index contributed by atoms with van der Waals surface area (Å²) in [5, 5.41) is 7.19. The molecule has 108 valence electrons. The Morgan fingerprint density at radius 1 is 1.42 bits per heavy atom. The first-order valence-corrected chi connectivity index (χ1v) is 8.57. The van der Waals surface area contributed by atoms with E-state index in [1.54, 1.807) is 0 Å². The zero-order chi connectivity index (χ0) is 13.9. The summed E-state index contributed by atoms with van der Waals surface area (Å²) in [6.07, 6.45) is 6.59. The van der Waals surface area contributed by atoms with Crippen molar-refractivity contribution in [2.24, 2.45) is 5.92 Å². The third kappa shape index (κ3) is 4.57. The molecule has 1 aromatic heterocycles. The third-order valence-corrected chi connectivity index (χ3v) is 4.79. The second-order valence-corrected chi connectivity index (χ2v) is 7.71. The zero-order valence-corrected chi connectivity index (χ0v) is 13.6. The monoisotopic (exact) mass is 280 g/mol. The summed E-state index contributed by atoms with van der Waals surface area (Å²) in [4.78, 5) is 4.78. The maximum atomic E-state index is 4.78. The Balaban J connectivity index is 1.77. The molecular formula is C16H28N2S. The average Bonchev–Trinajstić information content (AvgIpc) is 3.06. The molecule has 1 aromatic rings. The molecule has 1 heterocycles. The number of hydrogen-bond acceptors (Lipinski definition) is 3. The van der Waals surface area contributed by atoms with Crippen molar-refractivity contribution < 1.29 is 0 Å². The standard InChI is InChI=1S/C16H28N2S/c1-5-17-13(12-9-10-12)7-6-8-15-18-14(11-19-15)16(2,3)4/h11-13,17H,5-10H2,1-4H3. The summed E-state index contributed by atoms with van der Waals surface area (Å²) >= 11 is 1.83. The molecule has 0 radical (unpaired) electrons. The first-order valence-electron chi connectivity index (χ1n) is 7.69. The molecule has 19 heavy (non-hydrogen) atoms. The molecule has 0 aliphatic heterocycles. The van der Waals surface area contributed by atoms with Gasteiger partial charge in [-0.15, -0.1) is 11.3 Å². The molecule has 0 amide bonds. The first-order chi connectivity index (χ1) is 9.00. The van der Waals surface area contributed by atoms with Gasteiger partial charge in [-0.3, -0.25) is 0 Å². The van der Waals surface area contributed by atoms with Gasteiger partial charge in [0.25, 0.3) is 0 Å². The van der Waals surface area contributed by atoms with Gasteiger partial charge in [-0.25, -0.2) is 4.98 Å². The minimum Gasteiger partial charge on any atom is -0.314 e. The maximum absolute atomic E-state index is 4.78. The summed E-state index contributed by atoms with van der Waals surface area (Å²) in [7, 11) is 0. The SMILES string of the molecule is CCNC(CCCc1nc(C(C)(C)C)cs1)C1CC1. The minimum absolute atomic E-state index is 0.190. The van der Waals surface area contributed by atoms with E-state index in [-0.39, 0.29) is 5.41 Å². The number of rotatable bonds is 7. The van der Waals surface area contributed by atoms with Gasteiger partial charge in [-0.05, 0) is 44.6 Å². The minimum atomic E-state index is 0.190. The number of aromatic nitrogens is 1. The molecule has 1 fully saturated rings. The number of hydrogen-bond donors (Lipinski definition) is 1. The molecule has 0 aromatic carbocycles. The molecule has 1 saturated carbocycles. The normalized spacial score (nSPS) is 17.7. The lowest BCUT2D eigenvalue weighted by atomic mass is 9.93. The zero-order valence-electron chi connectivity index (χ0n) is 12.8. The molecule has 0 saturated heterocycles. The fourth-order valence-corrected chi connectivity index (χ4v) is 3.58. The fourth-order valence-electron chi connectivity index (χ4n) is 2.51. The Morgan fingerprint density at radius 3 is 2.68 bits per heavy atom. The van der Waals surface area contributed by atoms with Gasteiger partial charge in [0.15, 0.2) is 0 Å². The van der Waals surface area contributed by atoms with Crippen molar-refractivity contribution in [1.29, 1.82) is 0 Å². The largest absolute Gasteiger partial charge is 0.314 e. The highest BCUT2D eigenvalue weighted by Gasteiger charge is 2.29. The lowest BCUT2D eigenvalue weighted by Gasteiger charge is -2.16. The van der Waals surface area contributed by atoms with Crippen molar-refractivity contribution >= 4 is 11.3 Å². The van der Waals surface area contributed by atoms with Crippen LogP contribution in [0.2, 0.25) is 0 Å². The van der Waals surface area contributed by atoms with Crippen LogP contribution in [-0.2, 0) is 11.8 Å². The molecule has 3 heteroatoms. The van der Waals surface area contributed by atoms with E-state index >= 15 is 0 Å². The number of nitrogens with zero attached hydrogens (tertiary/aromatic N) is 1. The molecule has 1 unspecified atom stereocenters. The van der Waals surface area contributed by atoms with Crippen LogP contribution in [0.3, 0.4) is 0 Å². The van der Waals surface area contributed by atoms with Crippen LogP contribution in [0.15, 0.2) is 5.38 Å². The fraction of sp³-hybridized carbons (Fsp3) is 0.812. The van der Waals surface area contributed by atoms with E-state index in [1.165, 1.54) is 36.4 Å². The van der Waals surface area contributed by atoms with Crippen molar-refractivity contribution in [2.45, 2.75) is 71.3 Å². The molecule has 1 aliphatic rings. The van der Waals surface area contributed by atoms with Crippen molar-refractivity contribution in [3.63, 3.8) is 0 Å². The van der Waals surface area contributed by atoms with Gasteiger partial charge in [0.1, 0.15) is 0 Å². The Kier molecular flexibility index (Phi) is 5.02. The van der Waals surface area contributed by atoms with Crippen LogP contribution in [0.4, 0.5) is 0 Å². The highest BCUT2D eigenvalue weighted by atomic mass is 32.1. The van der Waals surface area contributed by atoms with Gasteiger partial charge in [-0.2, -0.15) is 0 Å². The molecule has 2 rings (SSSR count). The summed E-state index contributed by atoms with van der Waals surface area (Å²) < 4.78 is 0. The van der Waals surface area contributed by atoms with Gasteiger partial charge in [0.2, 0.25) is 0 Å². The van der Waals surface area contributed by atoms with E-state index in [2.05, 4.69) is 38.4 Å². The lowest BCUT2D eigenvalue weighted by Crippen LogP contribution is -2.30. The lowest BCUT2D eigenvalue weighted by molar-refractivity contribution is 0.434. The van der Waals surface area contributed by atoms with Gasteiger partial charge >= 0.3 is 0 Å². The van der Waals surface area contributed by atoms with Crippen molar-refractivity contribution in [1.82, 2.24) is 10.3 Å². The van der Waals surface area contributed by atoms with Crippen LogP contribution in [0.5, 0.6) is 0 Å². The molecule has 0 bridgehead atoms. The first kappa shape index (κ1) is 15.0. The van der Waals surface area contributed by atoms with Crippen LogP contribution in [0.1, 0.15) is 64.1 Å². The van der Waals surface area contributed by atoms with Crippen LogP contribution < -0.4 is 5.32 Å². The Labute approximate surface area is 122 Å². The van der Waals surface area contributed by atoms with Gasteiger partial charge in [0.05, 0.1) is 10.7 Å². The highest BCUT2D eigenvalue weighted by Crippen LogP contribution is 2.34. The molecule has 1 N–H and O–H groups in total. The predicted molar refractivity (Wildman–Crippen MR) is 83.9 cm³/mol. The Hall–Kier alpha value is -0.410. The van der Waals surface area contributed by atoms with E-state index < -0.39 is 0 Å². The summed E-state index contributed by atoms with van der Waals surface area (Å²) in [6, 6.07) is 0.757. The Morgan fingerprint density at radius 2 is 2.16 bits per heavy atom. The van der Waals surface area contributed by atoms with E-state index in [9.17, 15) is 0 Å². The maximum Gasteiger partial charge on any atom is 0.0928 e. The van der Waals surface area contributed by atoms with E-state index in [0.717, 1.165) is 24.9 Å². The van der Waals surface area contributed by atoms with Gasteiger partial charge in [-0.1, -0.05) is 27.7 Å². The van der Waals surface area contributed by atoms with Crippen LogP contribution in [-0.4, -0.2) is 17.6 Å². The van der Waals surface area contributed by atoms with E-state index in [0.29, 0.717) is 0 Å². The molecule has 1 aliphatic carbocycles. The van der Waals surface area contributed by atoms with Crippen LogP contribution in [0, 0.1) is 5.92 Å². The topological polar surface area (TPSA) is 24.9 Å². The molecule has 2 nitrogen and oxygen atoms in total. The van der Waals surface area contributed by atoms with E-state index in [1.807, 2.05) is 11.3 Å². The van der Waals surface area contributed by atoms with Crippen molar-refractivity contribution in [3.8, 4) is 0 Å². The molecular weight excluding hydrogens is 252 g/mol. The quantitative estimate of drug-likeness (QED) is 0.811.